The minimum absolute atomic E-state index is 0.292. The number of carbonyl (C=O) groups is 1. The van der Waals surface area contributed by atoms with Gasteiger partial charge in [-0.15, -0.1) is 0 Å². The number of nitrogens with zero attached hydrogens (tertiary/aromatic N) is 7. The number of rotatable bonds is 6. The molecule has 1 fully saturated rings. The number of likely N-dealkylation sites (tertiary alicyclic amines) is 1. The third-order valence-electron chi connectivity index (χ3n) is 4.63. The number of hydrogen-bond donors (Lipinski definition) is 2. The number of carbonyl (C=O) groups excluding carboxylic acids is 1. The summed E-state index contributed by atoms with van der Waals surface area (Å²) < 4.78 is 0. The van der Waals surface area contributed by atoms with Crippen molar-refractivity contribution in [3.63, 3.8) is 0 Å². The standard InChI is InChI=1S/2C6H3N3O7.C5H9NO/c2*10-6-4(8(13)14)1-3(7(11)12)2-5(6)9(15)16;1-6-4-2-3-5(6)7/h2*1-2,10H;2-4H2,1H3. The molecule has 208 valence electrons. The Labute approximate surface area is 213 Å². The number of non-ortho nitro benzene ring substituents is 2. The van der Waals surface area contributed by atoms with E-state index in [0.29, 0.717) is 30.2 Å². The Kier molecular flexibility index (Phi) is 10.1. The molecule has 2 aromatic rings. The summed E-state index contributed by atoms with van der Waals surface area (Å²) in [6.07, 6.45) is 1.81. The highest BCUT2D eigenvalue weighted by atomic mass is 16.7. The van der Waals surface area contributed by atoms with Crippen LogP contribution in [-0.4, -0.2) is 64.2 Å². The molecule has 1 heterocycles. The first-order valence-electron chi connectivity index (χ1n) is 9.83. The largest absolute Gasteiger partial charge is 0.497 e. The number of amides is 1. The van der Waals surface area contributed by atoms with Gasteiger partial charge in [0.15, 0.2) is 0 Å². The first kappa shape index (κ1) is 30.9. The number of phenolic OH excluding ortho intramolecular Hbond substituents is 2. The van der Waals surface area contributed by atoms with Gasteiger partial charge in [0.25, 0.3) is 22.9 Å². The molecule has 1 amide bonds. The second-order valence-corrected chi connectivity index (χ2v) is 7.13. The summed E-state index contributed by atoms with van der Waals surface area (Å²) in [6, 6.07) is 1.79. The number of phenols is 2. The summed E-state index contributed by atoms with van der Waals surface area (Å²) in [5, 5.41) is 80.4. The molecule has 0 bridgehead atoms. The number of hydrogen-bond acceptors (Lipinski definition) is 15. The minimum Gasteiger partial charge on any atom is -0.497 e. The van der Waals surface area contributed by atoms with Crippen LogP contribution >= 0.6 is 0 Å². The van der Waals surface area contributed by atoms with E-state index in [-0.39, 0.29) is 0 Å². The lowest BCUT2D eigenvalue weighted by molar-refractivity contribution is -0.404. The van der Waals surface area contributed by atoms with E-state index in [0.717, 1.165) is 19.4 Å². The maximum Gasteiger partial charge on any atom is 0.324 e. The molecule has 2 N–H and O–H groups in total. The maximum absolute atomic E-state index is 10.5. The summed E-state index contributed by atoms with van der Waals surface area (Å²) >= 11 is 0. The van der Waals surface area contributed by atoms with Crippen molar-refractivity contribution in [1.82, 2.24) is 4.90 Å². The summed E-state index contributed by atoms with van der Waals surface area (Å²) in [4.78, 5) is 67.8. The molecule has 0 aromatic heterocycles. The van der Waals surface area contributed by atoms with Crippen LogP contribution in [0.25, 0.3) is 0 Å². The zero-order valence-corrected chi connectivity index (χ0v) is 19.3. The summed E-state index contributed by atoms with van der Waals surface area (Å²) in [7, 11) is 1.84. The van der Waals surface area contributed by atoms with Crippen LogP contribution in [0, 0.1) is 60.7 Å². The van der Waals surface area contributed by atoms with Crippen molar-refractivity contribution in [2.75, 3.05) is 13.6 Å². The molecule has 1 saturated heterocycles. The van der Waals surface area contributed by atoms with Crippen molar-refractivity contribution in [2.24, 2.45) is 0 Å². The van der Waals surface area contributed by atoms with Gasteiger partial charge in [0.05, 0.1) is 53.8 Å². The Bertz CT molecular complexity index is 1210. The van der Waals surface area contributed by atoms with Gasteiger partial charge in [0.1, 0.15) is 0 Å². The Morgan fingerprint density at radius 1 is 0.615 bits per heavy atom. The second kappa shape index (κ2) is 12.7. The van der Waals surface area contributed by atoms with Crippen LogP contribution < -0.4 is 0 Å². The van der Waals surface area contributed by atoms with Gasteiger partial charge in [0, 0.05) is 20.0 Å². The molecule has 0 radical (unpaired) electrons. The molecule has 0 unspecified atom stereocenters. The van der Waals surface area contributed by atoms with Gasteiger partial charge >= 0.3 is 22.7 Å². The molecule has 1 aliphatic rings. The topological polar surface area (TPSA) is 320 Å². The maximum atomic E-state index is 10.5. The fraction of sp³-hybridized carbons (Fsp3) is 0.235. The molecule has 0 spiro atoms. The molecular weight excluding hydrogens is 542 g/mol. The van der Waals surface area contributed by atoms with Crippen LogP contribution in [0.3, 0.4) is 0 Å². The van der Waals surface area contributed by atoms with Gasteiger partial charge in [-0.3, -0.25) is 65.5 Å². The number of benzene rings is 2. The van der Waals surface area contributed by atoms with Crippen molar-refractivity contribution in [2.45, 2.75) is 12.8 Å². The van der Waals surface area contributed by atoms with E-state index < -0.39 is 75.2 Å². The van der Waals surface area contributed by atoms with Crippen molar-refractivity contribution in [3.8, 4) is 11.5 Å². The van der Waals surface area contributed by atoms with Crippen LogP contribution in [0.15, 0.2) is 24.3 Å². The predicted octanol–water partition coefficient (Wildman–Crippen LogP) is 2.47. The first-order chi connectivity index (χ1) is 18.0. The number of nitro benzene ring substituents is 6. The predicted molar refractivity (Wildman–Crippen MR) is 123 cm³/mol. The van der Waals surface area contributed by atoms with Crippen LogP contribution in [0.4, 0.5) is 34.1 Å². The SMILES string of the molecule is CN1CCCC1=O.O=[N+]([O-])c1cc([N+](=O)[O-])c(O)c([N+](=O)[O-])c1.O=[N+]([O-])c1cc([N+](=O)[O-])c(O)c([N+](=O)[O-])c1. The molecule has 22 nitrogen and oxygen atoms in total. The summed E-state index contributed by atoms with van der Waals surface area (Å²) in [5.41, 5.74) is -6.00. The Hall–Kier alpha value is -6.09. The number of nitro groups is 6. The minimum atomic E-state index is -1.21. The normalized spacial score (nSPS) is 11.8. The molecular formula is C17H15N7O15. The van der Waals surface area contributed by atoms with Crippen molar-refractivity contribution >= 4 is 40.0 Å². The van der Waals surface area contributed by atoms with Crippen LogP contribution in [-0.2, 0) is 4.79 Å². The highest BCUT2D eigenvalue weighted by Crippen LogP contribution is 2.40. The molecule has 22 heteroatoms. The second-order valence-electron chi connectivity index (χ2n) is 7.13. The average Bonchev–Trinajstić information content (AvgIpc) is 3.21. The van der Waals surface area contributed by atoms with Crippen molar-refractivity contribution in [3.05, 3.63) is 85.0 Å². The lowest BCUT2D eigenvalue weighted by atomic mass is 10.2. The molecule has 0 atom stereocenters. The molecule has 1 aliphatic heterocycles. The van der Waals surface area contributed by atoms with Gasteiger partial charge in [-0.05, 0) is 6.42 Å². The zero-order valence-electron chi connectivity index (χ0n) is 19.3. The van der Waals surface area contributed by atoms with E-state index in [4.69, 9.17) is 10.2 Å². The van der Waals surface area contributed by atoms with Gasteiger partial charge in [0.2, 0.25) is 5.91 Å². The Morgan fingerprint density at radius 2 is 0.897 bits per heavy atom. The Balaban J connectivity index is 0.000000314. The van der Waals surface area contributed by atoms with E-state index in [1.54, 1.807) is 4.90 Å². The lowest BCUT2D eigenvalue weighted by Gasteiger charge is -2.03. The van der Waals surface area contributed by atoms with Gasteiger partial charge in [-0.25, -0.2) is 0 Å². The molecule has 2 aromatic carbocycles. The fourth-order valence-corrected chi connectivity index (χ4v) is 2.73. The van der Waals surface area contributed by atoms with Crippen molar-refractivity contribution in [1.29, 1.82) is 0 Å². The average molecular weight is 557 g/mol. The van der Waals surface area contributed by atoms with E-state index in [2.05, 4.69) is 0 Å². The Morgan fingerprint density at radius 3 is 1.03 bits per heavy atom. The monoisotopic (exact) mass is 557 g/mol. The molecule has 0 saturated carbocycles. The van der Waals surface area contributed by atoms with E-state index in [1.807, 2.05) is 7.05 Å². The number of aromatic hydroxyl groups is 2. The van der Waals surface area contributed by atoms with E-state index in [1.165, 1.54) is 0 Å². The van der Waals surface area contributed by atoms with Crippen LogP contribution in [0.2, 0.25) is 0 Å². The van der Waals surface area contributed by atoms with E-state index >= 15 is 0 Å². The summed E-state index contributed by atoms with van der Waals surface area (Å²) in [6.45, 7) is 0.957. The highest BCUT2D eigenvalue weighted by molar-refractivity contribution is 5.77. The molecule has 3 rings (SSSR count). The summed E-state index contributed by atoms with van der Waals surface area (Å²) in [5.74, 6) is -2.12. The quantitative estimate of drug-likeness (QED) is 0.380. The lowest BCUT2D eigenvalue weighted by Crippen LogP contribution is -2.17. The van der Waals surface area contributed by atoms with Crippen molar-refractivity contribution < 1.29 is 44.5 Å². The van der Waals surface area contributed by atoms with Crippen LogP contribution in [0.1, 0.15) is 12.8 Å². The smallest absolute Gasteiger partial charge is 0.324 e. The van der Waals surface area contributed by atoms with Gasteiger partial charge < -0.3 is 15.1 Å². The third kappa shape index (κ3) is 7.95. The van der Waals surface area contributed by atoms with Gasteiger partial charge in [-0.2, -0.15) is 0 Å². The zero-order chi connectivity index (χ0) is 30.2. The molecule has 39 heavy (non-hydrogen) atoms. The highest BCUT2D eigenvalue weighted by Gasteiger charge is 2.31. The van der Waals surface area contributed by atoms with Gasteiger partial charge in [-0.1, -0.05) is 0 Å². The van der Waals surface area contributed by atoms with Crippen LogP contribution in [0.5, 0.6) is 11.5 Å². The first-order valence-corrected chi connectivity index (χ1v) is 9.83. The fourth-order valence-electron chi connectivity index (χ4n) is 2.73. The van der Waals surface area contributed by atoms with E-state index in [9.17, 15) is 65.5 Å². The third-order valence-corrected chi connectivity index (χ3v) is 4.63. The molecule has 0 aliphatic carbocycles.